The zero-order valence-electron chi connectivity index (χ0n) is 17.1. The van der Waals surface area contributed by atoms with Gasteiger partial charge in [-0.15, -0.1) is 0 Å². The van der Waals surface area contributed by atoms with Crippen molar-refractivity contribution < 1.29 is 23.9 Å². The molecule has 0 spiro atoms. The molecule has 1 N–H and O–H groups in total. The van der Waals surface area contributed by atoms with Crippen LogP contribution in [0, 0.1) is 6.92 Å². The highest BCUT2D eigenvalue weighted by Crippen LogP contribution is 2.35. The number of rotatable bonds is 7. The minimum absolute atomic E-state index is 0.175. The lowest BCUT2D eigenvalue weighted by atomic mass is 10.1. The maximum absolute atomic E-state index is 13.1. The summed E-state index contributed by atoms with van der Waals surface area (Å²) in [6, 6.07) is 9.51. The monoisotopic (exact) mass is 484 g/mol. The van der Waals surface area contributed by atoms with Gasteiger partial charge in [-0.2, -0.15) is 0 Å². The van der Waals surface area contributed by atoms with Gasteiger partial charge in [0.2, 0.25) is 0 Å². The molecule has 2 aromatic carbocycles. The molecule has 31 heavy (non-hydrogen) atoms. The highest BCUT2D eigenvalue weighted by Gasteiger charge is 2.37. The predicted octanol–water partition coefficient (Wildman–Crippen LogP) is 4.39. The molecule has 0 unspecified atom stereocenters. The van der Waals surface area contributed by atoms with Gasteiger partial charge < -0.3 is 9.47 Å². The first-order valence-corrected chi connectivity index (χ1v) is 10.3. The SMILES string of the molecule is C=CCOc1cc(Br)c(/C=C2\C(=O)NC(=O)N(c3ccccc3C)C2=O)cc1OCC. The molecule has 0 aromatic heterocycles. The Bertz CT molecular complexity index is 1090. The number of benzene rings is 2. The minimum Gasteiger partial charge on any atom is -0.490 e. The Hall–Kier alpha value is -3.39. The average Bonchev–Trinajstić information content (AvgIpc) is 2.73. The van der Waals surface area contributed by atoms with Crippen molar-refractivity contribution in [2.45, 2.75) is 13.8 Å². The second kappa shape index (κ2) is 9.61. The minimum atomic E-state index is -0.788. The van der Waals surface area contributed by atoms with Crippen molar-refractivity contribution in [1.82, 2.24) is 5.32 Å². The van der Waals surface area contributed by atoms with Gasteiger partial charge in [0.05, 0.1) is 12.3 Å². The van der Waals surface area contributed by atoms with Gasteiger partial charge in [0, 0.05) is 4.47 Å². The van der Waals surface area contributed by atoms with Crippen molar-refractivity contribution in [3.63, 3.8) is 0 Å². The number of carbonyl (C=O) groups excluding carboxylic acids is 3. The molecule has 0 radical (unpaired) electrons. The van der Waals surface area contributed by atoms with Crippen LogP contribution in [0.4, 0.5) is 10.5 Å². The number of para-hydroxylation sites is 1. The fraction of sp³-hybridized carbons (Fsp3) is 0.174. The molecule has 1 saturated heterocycles. The number of imide groups is 2. The van der Waals surface area contributed by atoms with Gasteiger partial charge in [0.25, 0.3) is 11.8 Å². The lowest BCUT2D eigenvalue weighted by molar-refractivity contribution is -0.122. The molecule has 4 amide bonds. The van der Waals surface area contributed by atoms with E-state index in [1.165, 1.54) is 6.08 Å². The lowest BCUT2D eigenvalue weighted by Gasteiger charge is -2.27. The summed E-state index contributed by atoms with van der Waals surface area (Å²) in [5.74, 6) is -0.529. The molecule has 0 bridgehead atoms. The van der Waals surface area contributed by atoms with Crippen molar-refractivity contribution in [1.29, 1.82) is 0 Å². The number of nitrogens with zero attached hydrogens (tertiary/aromatic N) is 1. The van der Waals surface area contributed by atoms with E-state index in [1.807, 2.05) is 6.92 Å². The highest BCUT2D eigenvalue weighted by atomic mass is 79.9. The van der Waals surface area contributed by atoms with Crippen LogP contribution in [0.25, 0.3) is 6.08 Å². The number of nitrogens with one attached hydrogen (secondary N) is 1. The molecule has 8 heteroatoms. The summed E-state index contributed by atoms with van der Waals surface area (Å²) < 4.78 is 11.8. The second-order valence-corrected chi connectivity index (χ2v) is 7.45. The zero-order valence-corrected chi connectivity index (χ0v) is 18.7. The van der Waals surface area contributed by atoms with Gasteiger partial charge in [-0.25, -0.2) is 9.69 Å². The number of anilines is 1. The maximum atomic E-state index is 13.1. The third-order valence-electron chi connectivity index (χ3n) is 4.48. The predicted molar refractivity (Wildman–Crippen MR) is 121 cm³/mol. The molecule has 0 atom stereocenters. The first-order chi connectivity index (χ1) is 14.9. The molecule has 3 rings (SSSR count). The van der Waals surface area contributed by atoms with Crippen LogP contribution in [-0.2, 0) is 9.59 Å². The molecule has 0 aliphatic carbocycles. The van der Waals surface area contributed by atoms with E-state index >= 15 is 0 Å². The molecule has 1 aliphatic heterocycles. The van der Waals surface area contributed by atoms with E-state index in [0.717, 1.165) is 10.5 Å². The molecule has 1 heterocycles. The standard InChI is InChI=1S/C23H21BrN2O5/c1-4-10-31-20-13-17(24)15(12-19(20)30-5-2)11-16-21(27)25-23(29)26(22(16)28)18-9-7-6-8-14(18)3/h4,6-9,11-13H,1,5,10H2,2-3H3,(H,25,27,29)/b16-11+. The summed E-state index contributed by atoms with van der Waals surface area (Å²) >= 11 is 3.45. The molecule has 7 nitrogen and oxygen atoms in total. The molecular weight excluding hydrogens is 464 g/mol. The molecule has 2 aromatic rings. The largest absolute Gasteiger partial charge is 0.490 e. The van der Waals surface area contributed by atoms with E-state index in [0.29, 0.717) is 40.4 Å². The van der Waals surface area contributed by atoms with Crippen molar-refractivity contribution in [3.8, 4) is 11.5 Å². The first kappa shape index (κ1) is 22.3. The highest BCUT2D eigenvalue weighted by molar-refractivity contribution is 9.10. The Morgan fingerprint density at radius 1 is 1.13 bits per heavy atom. The van der Waals surface area contributed by atoms with Crippen molar-refractivity contribution in [2.24, 2.45) is 0 Å². The fourth-order valence-electron chi connectivity index (χ4n) is 3.04. The third kappa shape index (κ3) is 4.69. The van der Waals surface area contributed by atoms with Crippen molar-refractivity contribution >= 4 is 45.5 Å². The van der Waals surface area contributed by atoms with E-state index in [-0.39, 0.29) is 5.57 Å². The Labute approximate surface area is 188 Å². The van der Waals surface area contributed by atoms with Gasteiger partial charge in [-0.3, -0.25) is 14.9 Å². The van der Waals surface area contributed by atoms with Crippen LogP contribution >= 0.6 is 15.9 Å². The van der Waals surface area contributed by atoms with Crippen LogP contribution in [0.3, 0.4) is 0 Å². The maximum Gasteiger partial charge on any atom is 0.335 e. The van der Waals surface area contributed by atoms with Gasteiger partial charge in [-0.1, -0.05) is 46.8 Å². The quantitative estimate of drug-likeness (QED) is 0.357. The molecule has 0 saturated carbocycles. The summed E-state index contributed by atoms with van der Waals surface area (Å²) in [5, 5.41) is 2.23. The normalized spacial score (nSPS) is 15.1. The van der Waals surface area contributed by atoms with E-state index < -0.39 is 17.8 Å². The van der Waals surface area contributed by atoms with Crippen molar-refractivity contribution in [3.05, 3.63) is 70.2 Å². The summed E-state index contributed by atoms with van der Waals surface area (Å²) in [4.78, 5) is 39.0. The number of barbiturate groups is 1. The Morgan fingerprint density at radius 3 is 2.52 bits per heavy atom. The van der Waals surface area contributed by atoms with E-state index in [2.05, 4.69) is 27.8 Å². The molecule has 1 fully saturated rings. The van der Waals surface area contributed by atoms with E-state index in [9.17, 15) is 14.4 Å². The van der Waals surface area contributed by atoms with Crippen molar-refractivity contribution in [2.75, 3.05) is 18.1 Å². The number of hydrogen-bond donors (Lipinski definition) is 1. The Balaban J connectivity index is 2.05. The molecule has 1 aliphatic rings. The second-order valence-electron chi connectivity index (χ2n) is 6.60. The number of ether oxygens (including phenoxy) is 2. The van der Waals surface area contributed by atoms with Gasteiger partial charge in [0.15, 0.2) is 11.5 Å². The van der Waals surface area contributed by atoms with Crippen LogP contribution in [0.2, 0.25) is 0 Å². The van der Waals surface area contributed by atoms with Gasteiger partial charge in [-0.05, 0) is 49.2 Å². The Morgan fingerprint density at radius 2 is 1.84 bits per heavy atom. The lowest BCUT2D eigenvalue weighted by Crippen LogP contribution is -2.54. The molecule has 160 valence electrons. The van der Waals surface area contributed by atoms with E-state index in [1.54, 1.807) is 49.4 Å². The number of aryl methyl sites for hydroxylation is 1. The smallest absolute Gasteiger partial charge is 0.335 e. The average molecular weight is 485 g/mol. The topological polar surface area (TPSA) is 84.9 Å². The summed E-state index contributed by atoms with van der Waals surface area (Å²) in [6.45, 7) is 7.94. The summed E-state index contributed by atoms with van der Waals surface area (Å²) in [5.41, 5.74) is 1.48. The number of carbonyl (C=O) groups is 3. The Kier molecular flexibility index (Phi) is 6.91. The first-order valence-electron chi connectivity index (χ1n) is 9.54. The zero-order chi connectivity index (χ0) is 22.5. The van der Waals surface area contributed by atoms with Crippen LogP contribution < -0.4 is 19.7 Å². The van der Waals surface area contributed by atoms with Crippen LogP contribution in [0.1, 0.15) is 18.1 Å². The van der Waals surface area contributed by atoms with E-state index in [4.69, 9.17) is 9.47 Å². The number of halogens is 1. The third-order valence-corrected chi connectivity index (χ3v) is 5.16. The fourth-order valence-corrected chi connectivity index (χ4v) is 3.47. The number of hydrogen-bond acceptors (Lipinski definition) is 5. The molecular formula is C23H21BrN2O5. The number of amides is 4. The van der Waals surface area contributed by atoms with Crippen LogP contribution in [0.15, 0.2) is 59.1 Å². The number of urea groups is 1. The van der Waals surface area contributed by atoms with Crippen LogP contribution in [0.5, 0.6) is 11.5 Å². The summed E-state index contributed by atoms with van der Waals surface area (Å²) in [7, 11) is 0. The van der Waals surface area contributed by atoms with Gasteiger partial charge in [0.1, 0.15) is 12.2 Å². The van der Waals surface area contributed by atoms with Gasteiger partial charge >= 0.3 is 6.03 Å². The van der Waals surface area contributed by atoms with Crippen LogP contribution in [-0.4, -0.2) is 31.1 Å². The summed E-state index contributed by atoms with van der Waals surface area (Å²) in [6.07, 6.45) is 3.03.